The molecule has 130 valence electrons. The van der Waals surface area contributed by atoms with Gasteiger partial charge in [-0.2, -0.15) is 39.5 Å². The summed E-state index contributed by atoms with van der Waals surface area (Å²) in [5.74, 6) is -16.7. The van der Waals surface area contributed by atoms with Gasteiger partial charge in [-0.05, 0) is 24.3 Å². The van der Waals surface area contributed by atoms with Crippen molar-refractivity contribution in [1.82, 2.24) is 0 Å². The lowest BCUT2D eigenvalue weighted by atomic mass is 10.1. The molecule has 0 atom stereocenters. The molecule has 0 aliphatic rings. The SMILES string of the molecule is O=C(O)c1ccc(OC(F)(F)C(F)(F)C(F)(F)C(F)(F)F)cc1. The number of aromatic carboxylic acids is 1. The lowest BCUT2D eigenvalue weighted by Gasteiger charge is -2.32. The van der Waals surface area contributed by atoms with Crippen LogP contribution in [-0.4, -0.2) is 35.2 Å². The largest absolute Gasteiger partial charge is 0.478 e. The number of hydrogen-bond donors (Lipinski definition) is 1. The highest BCUT2D eigenvalue weighted by atomic mass is 19.4. The van der Waals surface area contributed by atoms with Crippen molar-refractivity contribution >= 4 is 5.97 Å². The Morgan fingerprint density at radius 3 is 1.61 bits per heavy atom. The van der Waals surface area contributed by atoms with Crippen molar-refractivity contribution in [2.45, 2.75) is 24.1 Å². The van der Waals surface area contributed by atoms with Crippen molar-refractivity contribution in [2.24, 2.45) is 0 Å². The summed E-state index contributed by atoms with van der Waals surface area (Å²) in [7, 11) is 0. The standard InChI is InChI=1S/C11H5F9O3/c12-8(13,10(16,17)18)9(14,15)11(19,20)23-6-3-1-5(2-4-6)7(21)22/h1-4H,(H,21,22). The number of hydrogen-bond acceptors (Lipinski definition) is 2. The topological polar surface area (TPSA) is 46.5 Å². The van der Waals surface area contributed by atoms with Crippen LogP contribution in [0.5, 0.6) is 5.75 Å². The number of carbonyl (C=O) groups is 1. The van der Waals surface area contributed by atoms with Gasteiger partial charge in [-0.3, -0.25) is 0 Å². The van der Waals surface area contributed by atoms with Gasteiger partial charge in [0.15, 0.2) is 0 Å². The molecule has 0 aromatic heterocycles. The predicted molar refractivity (Wildman–Crippen MR) is 54.9 cm³/mol. The minimum Gasteiger partial charge on any atom is -0.478 e. The fourth-order valence-corrected chi connectivity index (χ4v) is 1.24. The number of carboxylic acids is 1. The number of benzene rings is 1. The van der Waals surface area contributed by atoms with Gasteiger partial charge in [0.2, 0.25) is 0 Å². The molecule has 0 aliphatic carbocycles. The van der Waals surface area contributed by atoms with Crippen molar-refractivity contribution < 1.29 is 54.2 Å². The van der Waals surface area contributed by atoms with E-state index in [1.165, 1.54) is 0 Å². The van der Waals surface area contributed by atoms with E-state index in [0.717, 1.165) is 0 Å². The fourth-order valence-electron chi connectivity index (χ4n) is 1.24. The van der Waals surface area contributed by atoms with Gasteiger partial charge in [0.05, 0.1) is 5.56 Å². The van der Waals surface area contributed by atoms with Crippen LogP contribution < -0.4 is 4.74 Å². The maximum atomic E-state index is 13.1. The third-order valence-corrected chi connectivity index (χ3v) is 2.46. The van der Waals surface area contributed by atoms with Crippen LogP contribution in [0.1, 0.15) is 10.4 Å². The van der Waals surface area contributed by atoms with Crippen LogP contribution in [0.2, 0.25) is 0 Å². The van der Waals surface area contributed by atoms with Gasteiger partial charge in [-0.1, -0.05) is 0 Å². The number of rotatable bonds is 5. The van der Waals surface area contributed by atoms with Crippen LogP contribution in [0.15, 0.2) is 24.3 Å². The van der Waals surface area contributed by atoms with E-state index < -0.39 is 41.4 Å². The fraction of sp³-hybridized carbons (Fsp3) is 0.364. The molecule has 0 amide bonds. The molecule has 1 aromatic carbocycles. The first-order chi connectivity index (χ1) is 10.1. The zero-order valence-corrected chi connectivity index (χ0v) is 10.5. The second kappa shape index (κ2) is 5.49. The Bertz CT molecular complexity index is 577. The third-order valence-electron chi connectivity index (χ3n) is 2.46. The highest BCUT2D eigenvalue weighted by molar-refractivity contribution is 5.87. The van der Waals surface area contributed by atoms with Crippen LogP contribution in [0.25, 0.3) is 0 Å². The molecule has 0 spiro atoms. The summed E-state index contributed by atoms with van der Waals surface area (Å²) in [6.45, 7) is 0. The van der Waals surface area contributed by atoms with Crippen LogP contribution in [-0.2, 0) is 0 Å². The van der Waals surface area contributed by atoms with Gasteiger partial charge in [-0.25, -0.2) is 4.79 Å². The van der Waals surface area contributed by atoms with E-state index in [-0.39, 0.29) is 0 Å². The molecule has 12 heteroatoms. The maximum Gasteiger partial charge on any atom is 0.471 e. The lowest BCUT2D eigenvalue weighted by Crippen LogP contribution is -2.62. The van der Waals surface area contributed by atoms with Gasteiger partial charge in [0, 0.05) is 0 Å². The zero-order valence-electron chi connectivity index (χ0n) is 10.5. The highest BCUT2D eigenvalue weighted by Crippen LogP contribution is 2.53. The normalized spacial score (nSPS) is 13.8. The van der Waals surface area contributed by atoms with Crippen molar-refractivity contribution in [1.29, 1.82) is 0 Å². The second-order valence-corrected chi connectivity index (χ2v) is 4.09. The molecule has 0 fully saturated rings. The first kappa shape index (κ1) is 18.9. The zero-order chi connectivity index (χ0) is 18.3. The number of ether oxygens (including phenoxy) is 1. The first-order valence-electron chi connectivity index (χ1n) is 5.36. The Morgan fingerprint density at radius 2 is 1.26 bits per heavy atom. The molecular weight excluding hydrogens is 351 g/mol. The molecule has 0 aliphatic heterocycles. The van der Waals surface area contributed by atoms with E-state index in [0.29, 0.717) is 24.3 Å². The first-order valence-corrected chi connectivity index (χ1v) is 5.36. The number of halogens is 9. The number of alkyl halides is 9. The number of carboxylic acid groups (broad SMARTS) is 1. The average molecular weight is 356 g/mol. The predicted octanol–water partition coefficient (Wildman–Crippen LogP) is 4.19. The molecule has 1 rings (SSSR count). The second-order valence-electron chi connectivity index (χ2n) is 4.09. The average Bonchev–Trinajstić information content (AvgIpc) is 2.37. The minimum atomic E-state index is -7.06. The Morgan fingerprint density at radius 1 is 0.826 bits per heavy atom. The highest BCUT2D eigenvalue weighted by Gasteiger charge is 2.83. The molecule has 0 heterocycles. The summed E-state index contributed by atoms with van der Waals surface area (Å²) in [5.41, 5.74) is -0.493. The summed E-state index contributed by atoms with van der Waals surface area (Å²) in [4.78, 5) is 10.5. The van der Waals surface area contributed by atoms with Crippen molar-refractivity contribution in [2.75, 3.05) is 0 Å². The molecule has 0 unspecified atom stereocenters. The van der Waals surface area contributed by atoms with Crippen LogP contribution in [0.3, 0.4) is 0 Å². The van der Waals surface area contributed by atoms with Crippen LogP contribution in [0, 0.1) is 0 Å². The molecule has 1 aromatic rings. The maximum absolute atomic E-state index is 13.1. The van der Waals surface area contributed by atoms with Crippen LogP contribution >= 0.6 is 0 Å². The summed E-state index contributed by atoms with van der Waals surface area (Å²) >= 11 is 0. The molecule has 0 bridgehead atoms. The monoisotopic (exact) mass is 356 g/mol. The van der Waals surface area contributed by atoms with E-state index in [1.807, 2.05) is 0 Å². The quantitative estimate of drug-likeness (QED) is 0.805. The smallest absolute Gasteiger partial charge is 0.471 e. The Hall–Kier alpha value is -2.14. The molecular formula is C11H5F9O3. The summed E-state index contributed by atoms with van der Waals surface area (Å²) in [6.07, 6.45) is -13.2. The van der Waals surface area contributed by atoms with E-state index in [9.17, 15) is 44.3 Å². The van der Waals surface area contributed by atoms with Gasteiger partial charge >= 0.3 is 30.1 Å². The van der Waals surface area contributed by atoms with Crippen molar-refractivity contribution in [3.8, 4) is 5.75 Å². The van der Waals surface area contributed by atoms with Crippen molar-refractivity contribution in [3.63, 3.8) is 0 Å². The molecule has 3 nitrogen and oxygen atoms in total. The lowest BCUT2D eigenvalue weighted by molar-refractivity contribution is -0.428. The van der Waals surface area contributed by atoms with Crippen molar-refractivity contribution in [3.05, 3.63) is 29.8 Å². The van der Waals surface area contributed by atoms with Crippen LogP contribution in [0.4, 0.5) is 39.5 Å². The Kier molecular flexibility index (Phi) is 4.52. The molecule has 23 heavy (non-hydrogen) atoms. The minimum absolute atomic E-state index is 0.388. The molecule has 1 N–H and O–H groups in total. The van der Waals surface area contributed by atoms with E-state index in [4.69, 9.17) is 5.11 Å². The van der Waals surface area contributed by atoms with E-state index >= 15 is 0 Å². The van der Waals surface area contributed by atoms with Gasteiger partial charge in [0.1, 0.15) is 5.75 Å². The third kappa shape index (κ3) is 3.29. The summed E-state index contributed by atoms with van der Waals surface area (Å²) in [5, 5.41) is 8.50. The van der Waals surface area contributed by atoms with Gasteiger partial charge in [0.25, 0.3) is 0 Å². The summed E-state index contributed by atoms with van der Waals surface area (Å²) < 4.78 is 116. The summed E-state index contributed by atoms with van der Waals surface area (Å²) in [6, 6.07) is 1.96. The van der Waals surface area contributed by atoms with E-state index in [1.54, 1.807) is 0 Å². The van der Waals surface area contributed by atoms with Gasteiger partial charge in [-0.15, -0.1) is 0 Å². The van der Waals surface area contributed by atoms with Gasteiger partial charge < -0.3 is 9.84 Å². The molecule has 0 saturated heterocycles. The molecule has 0 saturated carbocycles. The Labute approximate surface area is 121 Å². The molecule has 0 radical (unpaired) electrons. The Balaban J connectivity index is 3.12. The van der Waals surface area contributed by atoms with E-state index in [2.05, 4.69) is 4.74 Å².